The molecule has 1 fully saturated rings. The molecule has 9 heteroatoms. The van der Waals surface area contributed by atoms with Crippen molar-refractivity contribution >= 4 is 28.5 Å². The summed E-state index contributed by atoms with van der Waals surface area (Å²) in [5, 5.41) is 16.5. The lowest BCUT2D eigenvalue weighted by Crippen LogP contribution is -2.31. The zero-order valence-electron chi connectivity index (χ0n) is 18.4. The summed E-state index contributed by atoms with van der Waals surface area (Å²) >= 11 is 0. The highest BCUT2D eigenvalue weighted by Gasteiger charge is 2.33. The Balaban J connectivity index is 1.54. The van der Waals surface area contributed by atoms with Crippen molar-refractivity contribution in [3.8, 4) is 0 Å². The SMILES string of the molecule is COC(=O)c1cccc(C([O-])=NC2CCCC(Nc3cc(C(F)(F)F)nc4ccccc34)C2)c1. The van der Waals surface area contributed by atoms with Crippen LogP contribution in [0.5, 0.6) is 0 Å². The molecule has 1 aliphatic rings. The first-order chi connectivity index (χ1) is 16.2. The summed E-state index contributed by atoms with van der Waals surface area (Å²) in [6.45, 7) is 0. The molecule has 1 aliphatic carbocycles. The third-order valence-corrected chi connectivity index (χ3v) is 5.84. The number of pyridine rings is 1. The summed E-state index contributed by atoms with van der Waals surface area (Å²) in [6, 6.07) is 13.5. The standard InChI is InChI=1S/C25H24F3N3O3/c1-34-24(33)16-7-4-6-15(12-16)23(32)30-18-9-5-8-17(13-18)29-21-14-22(25(26,27)28)31-20-11-3-2-10-19(20)21/h2-4,6-7,10-12,14,17-18H,5,8-9,13H2,1H3,(H,29,31)(H,30,32)/p-1. The number of anilines is 1. The van der Waals surface area contributed by atoms with Gasteiger partial charge in [0.05, 0.1) is 24.2 Å². The van der Waals surface area contributed by atoms with Gasteiger partial charge in [-0.1, -0.05) is 30.3 Å². The largest absolute Gasteiger partial charge is 0.858 e. The van der Waals surface area contributed by atoms with Gasteiger partial charge in [-0.25, -0.2) is 9.78 Å². The number of para-hydroxylation sites is 1. The predicted molar refractivity (Wildman–Crippen MR) is 121 cm³/mol. The molecule has 2 atom stereocenters. The van der Waals surface area contributed by atoms with E-state index in [0.29, 0.717) is 23.9 Å². The first-order valence-corrected chi connectivity index (χ1v) is 10.9. The number of halogens is 3. The number of carbonyl (C=O) groups is 1. The third kappa shape index (κ3) is 5.30. The number of ether oxygens (including phenoxy) is 1. The number of benzene rings is 2. The molecule has 34 heavy (non-hydrogen) atoms. The maximum Gasteiger partial charge on any atom is 0.433 e. The van der Waals surface area contributed by atoms with Gasteiger partial charge in [0, 0.05) is 17.1 Å². The summed E-state index contributed by atoms with van der Waals surface area (Å²) in [4.78, 5) is 19.8. The Hall–Kier alpha value is -3.62. The minimum Gasteiger partial charge on any atom is -0.858 e. The highest BCUT2D eigenvalue weighted by molar-refractivity contribution is 5.96. The van der Waals surface area contributed by atoms with E-state index in [0.717, 1.165) is 18.9 Å². The predicted octanol–water partition coefficient (Wildman–Crippen LogP) is 4.57. The van der Waals surface area contributed by atoms with Crippen LogP contribution in [0.1, 0.15) is 47.3 Å². The van der Waals surface area contributed by atoms with E-state index < -0.39 is 23.7 Å². The van der Waals surface area contributed by atoms with Gasteiger partial charge in [-0.2, -0.15) is 13.2 Å². The first-order valence-electron chi connectivity index (χ1n) is 10.9. The zero-order valence-corrected chi connectivity index (χ0v) is 18.4. The van der Waals surface area contributed by atoms with Crippen LogP contribution in [-0.4, -0.2) is 36.0 Å². The minimum absolute atomic E-state index is 0.149. The van der Waals surface area contributed by atoms with Crippen LogP contribution in [-0.2, 0) is 10.9 Å². The summed E-state index contributed by atoms with van der Waals surface area (Å²) in [7, 11) is 1.26. The molecule has 3 aromatic rings. The molecule has 0 amide bonds. The fourth-order valence-corrected chi connectivity index (χ4v) is 4.21. The van der Waals surface area contributed by atoms with Crippen molar-refractivity contribution in [1.82, 2.24) is 4.98 Å². The summed E-state index contributed by atoms with van der Waals surface area (Å²) in [5.74, 6) is -0.982. The van der Waals surface area contributed by atoms with Gasteiger partial charge in [0.25, 0.3) is 0 Å². The van der Waals surface area contributed by atoms with Crippen LogP contribution < -0.4 is 10.4 Å². The first kappa shape index (κ1) is 23.5. The lowest BCUT2D eigenvalue weighted by Gasteiger charge is -2.30. The summed E-state index contributed by atoms with van der Waals surface area (Å²) < 4.78 is 44.8. The van der Waals surface area contributed by atoms with Crippen LogP contribution in [0, 0.1) is 0 Å². The van der Waals surface area contributed by atoms with Crippen LogP contribution in [0.3, 0.4) is 0 Å². The smallest absolute Gasteiger partial charge is 0.433 e. The zero-order chi connectivity index (χ0) is 24.3. The molecule has 1 aromatic heterocycles. The average Bonchev–Trinajstić information content (AvgIpc) is 2.83. The van der Waals surface area contributed by atoms with E-state index >= 15 is 0 Å². The molecule has 0 saturated heterocycles. The molecule has 6 nitrogen and oxygen atoms in total. The number of fused-ring (bicyclic) bond motifs is 1. The van der Waals surface area contributed by atoms with Crippen LogP contribution in [0.25, 0.3) is 10.9 Å². The number of nitrogens with zero attached hydrogens (tertiary/aromatic N) is 2. The Morgan fingerprint density at radius 1 is 1.12 bits per heavy atom. The van der Waals surface area contributed by atoms with Crippen molar-refractivity contribution < 1.29 is 27.8 Å². The molecule has 178 valence electrons. The highest BCUT2D eigenvalue weighted by atomic mass is 19.4. The van der Waals surface area contributed by atoms with Gasteiger partial charge in [-0.15, -0.1) is 0 Å². The average molecular weight is 470 g/mol. The normalized spacial score (nSPS) is 19.1. The number of hydrogen-bond donors (Lipinski definition) is 1. The lowest BCUT2D eigenvalue weighted by molar-refractivity contribution is -0.213. The quantitative estimate of drug-likeness (QED) is 0.335. The number of carbonyl (C=O) groups excluding carboxylic acids is 1. The number of hydrogen-bond acceptors (Lipinski definition) is 6. The molecule has 1 N–H and O–H groups in total. The van der Waals surface area contributed by atoms with E-state index in [1.54, 1.807) is 42.5 Å². The molecule has 4 rings (SSSR count). The van der Waals surface area contributed by atoms with Crippen LogP contribution in [0.15, 0.2) is 59.6 Å². The Morgan fingerprint density at radius 3 is 2.65 bits per heavy atom. The number of alkyl halides is 3. The second kappa shape index (κ2) is 9.70. The molecule has 0 aliphatic heterocycles. The molecule has 1 heterocycles. The van der Waals surface area contributed by atoms with Gasteiger partial charge in [-0.3, -0.25) is 4.99 Å². The molecular formula is C25H23F3N3O3-. The topological polar surface area (TPSA) is 86.6 Å². The Bertz CT molecular complexity index is 1230. The second-order valence-electron chi connectivity index (χ2n) is 8.24. The lowest BCUT2D eigenvalue weighted by atomic mass is 9.91. The van der Waals surface area contributed by atoms with Gasteiger partial charge >= 0.3 is 12.1 Å². The van der Waals surface area contributed by atoms with Gasteiger partial charge in [0.2, 0.25) is 0 Å². The van der Waals surface area contributed by atoms with Gasteiger partial charge in [0.1, 0.15) is 5.69 Å². The number of aromatic nitrogens is 1. The maximum absolute atomic E-state index is 13.4. The maximum atomic E-state index is 13.4. The fraction of sp³-hybridized carbons (Fsp3) is 0.320. The van der Waals surface area contributed by atoms with E-state index in [-0.39, 0.29) is 28.7 Å². The number of aliphatic imine (C=N–C) groups is 1. The third-order valence-electron chi connectivity index (χ3n) is 5.84. The van der Waals surface area contributed by atoms with Crippen LogP contribution in [0.4, 0.5) is 18.9 Å². The monoisotopic (exact) mass is 470 g/mol. The van der Waals surface area contributed by atoms with Crippen molar-refractivity contribution in [2.75, 3.05) is 12.4 Å². The van der Waals surface area contributed by atoms with Crippen molar-refractivity contribution in [3.05, 3.63) is 71.4 Å². The second-order valence-corrected chi connectivity index (χ2v) is 8.24. The van der Waals surface area contributed by atoms with Crippen LogP contribution >= 0.6 is 0 Å². The molecule has 2 unspecified atom stereocenters. The Labute approximate surface area is 194 Å². The van der Waals surface area contributed by atoms with Gasteiger partial charge in [-0.05, 0) is 61.4 Å². The van der Waals surface area contributed by atoms with E-state index in [4.69, 9.17) is 0 Å². The van der Waals surface area contributed by atoms with Gasteiger partial charge < -0.3 is 15.2 Å². The van der Waals surface area contributed by atoms with E-state index in [1.807, 2.05) is 0 Å². The highest BCUT2D eigenvalue weighted by Crippen LogP contribution is 2.34. The fourth-order valence-electron chi connectivity index (χ4n) is 4.21. The summed E-state index contributed by atoms with van der Waals surface area (Å²) in [5.41, 5.74) is 0.217. The molecule has 0 spiro atoms. The molecule has 0 radical (unpaired) electrons. The minimum atomic E-state index is -4.56. The Kier molecular flexibility index (Phi) is 6.72. The van der Waals surface area contributed by atoms with E-state index in [2.05, 4.69) is 20.0 Å². The van der Waals surface area contributed by atoms with Crippen molar-refractivity contribution in [3.63, 3.8) is 0 Å². The van der Waals surface area contributed by atoms with Crippen LogP contribution in [0.2, 0.25) is 0 Å². The molecule has 1 saturated carbocycles. The van der Waals surface area contributed by atoms with Crippen molar-refractivity contribution in [2.24, 2.45) is 4.99 Å². The summed E-state index contributed by atoms with van der Waals surface area (Å²) in [6.07, 6.45) is -1.84. The molecule has 2 aromatic carbocycles. The number of nitrogens with one attached hydrogen (secondary N) is 1. The van der Waals surface area contributed by atoms with E-state index in [1.165, 1.54) is 13.2 Å². The Morgan fingerprint density at radius 2 is 1.88 bits per heavy atom. The van der Waals surface area contributed by atoms with Gasteiger partial charge in [0.15, 0.2) is 0 Å². The number of methoxy groups -OCH3 is 1. The number of esters is 1. The van der Waals surface area contributed by atoms with Crippen molar-refractivity contribution in [1.29, 1.82) is 0 Å². The number of rotatable bonds is 5. The molecule has 0 bridgehead atoms. The van der Waals surface area contributed by atoms with Crippen molar-refractivity contribution in [2.45, 2.75) is 43.9 Å². The van der Waals surface area contributed by atoms with E-state index in [9.17, 15) is 23.1 Å². The molecular weight excluding hydrogens is 447 g/mol.